The molecule has 1 heterocycles. The highest BCUT2D eigenvalue weighted by molar-refractivity contribution is 5.75. The third-order valence-corrected chi connectivity index (χ3v) is 1.26. The van der Waals surface area contributed by atoms with Gasteiger partial charge in [-0.1, -0.05) is 0 Å². The maximum absolute atomic E-state index is 10.4. The van der Waals surface area contributed by atoms with Crippen LogP contribution >= 0.6 is 0 Å². The monoisotopic (exact) mass is 132 g/mol. The molecule has 4 nitrogen and oxygen atoms in total. The molecule has 0 aromatic heterocycles. The maximum atomic E-state index is 10.4. The molecule has 1 aliphatic heterocycles. The normalized spacial score (nSPS) is 36.0. The van der Waals surface area contributed by atoms with Gasteiger partial charge >= 0.3 is 5.97 Å². The average Bonchev–Trinajstić information content (AvgIpc) is 1.83. The van der Waals surface area contributed by atoms with E-state index in [1.165, 1.54) is 0 Å². The molecule has 2 N–H and O–H groups in total. The van der Waals surface area contributed by atoms with E-state index in [1.807, 2.05) is 0 Å². The molecular weight excluding hydrogens is 124 g/mol. The number of hydrogen-bond acceptors (Lipinski definition) is 4. The van der Waals surface area contributed by atoms with Crippen LogP contribution in [-0.4, -0.2) is 35.0 Å². The molecule has 9 heavy (non-hydrogen) atoms. The van der Waals surface area contributed by atoms with Gasteiger partial charge in [-0.3, -0.25) is 0 Å². The third-order valence-electron chi connectivity index (χ3n) is 1.26. The van der Waals surface area contributed by atoms with Crippen LogP contribution in [0.1, 0.15) is 6.42 Å². The Bertz CT molecular complexity index is 122. The summed E-state index contributed by atoms with van der Waals surface area (Å²) in [7, 11) is 0. The lowest BCUT2D eigenvalue weighted by Gasteiger charge is -2.21. The van der Waals surface area contributed by atoms with E-state index in [-0.39, 0.29) is 6.61 Å². The molecule has 52 valence electrons. The van der Waals surface area contributed by atoms with E-state index in [1.54, 1.807) is 0 Å². The maximum Gasteiger partial charge on any atom is 0.337 e. The second-order valence-electron chi connectivity index (χ2n) is 1.97. The zero-order valence-electron chi connectivity index (χ0n) is 4.78. The first-order valence-electron chi connectivity index (χ1n) is 2.74. The van der Waals surface area contributed by atoms with E-state index in [4.69, 9.17) is 10.2 Å². The molecular formula is C5H8O4. The fourth-order valence-corrected chi connectivity index (χ4v) is 0.681. The molecule has 1 aliphatic rings. The van der Waals surface area contributed by atoms with Crippen molar-refractivity contribution in [1.29, 1.82) is 0 Å². The van der Waals surface area contributed by atoms with Crippen LogP contribution in [0, 0.1) is 0 Å². The van der Waals surface area contributed by atoms with Gasteiger partial charge in [0.15, 0.2) is 6.10 Å². The van der Waals surface area contributed by atoms with Crippen LogP contribution in [0.15, 0.2) is 0 Å². The lowest BCUT2D eigenvalue weighted by atomic mass is 10.1. The third kappa shape index (κ3) is 1.20. The second kappa shape index (κ2) is 2.33. The van der Waals surface area contributed by atoms with E-state index in [2.05, 4.69) is 4.74 Å². The molecule has 0 saturated carbocycles. The fraction of sp³-hybridized carbons (Fsp3) is 0.800. The zero-order chi connectivity index (χ0) is 6.85. The summed E-state index contributed by atoms with van der Waals surface area (Å²) < 4.78 is 4.41. The van der Waals surface area contributed by atoms with E-state index >= 15 is 0 Å². The number of esters is 1. The van der Waals surface area contributed by atoms with Gasteiger partial charge in [0.25, 0.3) is 0 Å². The van der Waals surface area contributed by atoms with Crippen molar-refractivity contribution in [3.63, 3.8) is 0 Å². The molecule has 0 aliphatic carbocycles. The Kier molecular flexibility index (Phi) is 1.68. The number of carbonyl (C=O) groups is 1. The zero-order valence-corrected chi connectivity index (χ0v) is 4.78. The molecule has 0 aromatic carbocycles. The van der Waals surface area contributed by atoms with Gasteiger partial charge in [0, 0.05) is 6.42 Å². The molecule has 2 unspecified atom stereocenters. The number of cyclic esters (lactones) is 1. The molecule has 0 bridgehead atoms. The van der Waals surface area contributed by atoms with Crippen LogP contribution in [-0.2, 0) is 9.53 Å². The minimum Gasteiger partial charge on any atom is -0.464 e. The van der Waals surface area contributed by atoms with Crippen molar-refractivity contribution in [3.8, 4) is 0 Å². The topological polar surface area (TPSA) is 66.8 Å². The van der Waals surface area contributed by atoms with E-state index in [9.17, 15) is 4.79 Å². The van der Waals surface area contributed by atoms with Gasteiger partial charge in [0.1, 0.15) is 0 Å². The summed E-state index contributed by atoms with van der Waals surface area (Å²) in [6, 6.07) is 0. The van der Waals surface area contributed by atoms with E-state index < -0.39 is 18.2 Å². The first-order chi connectivity index (χ1) is 4.22. The quantitative estimate of drug-likeness (QED) is 0.400. The summed E-state index contributed by atoms with van der Waals surface area (Å²) in [5, 5.41) is 17.5. The van der Waals surface area contributed by atoms with Gasteiger partial charge in [0.05, 0.1) is 12.7 Å². The van der Waals surface area contributed by atoms with Crippen LogP contribution in [0.2, 0.25) is 0 Å². The lowest BCUT2D eigenvalue weighted by Crippen LogP contribution is -2.40. The predicted molar refractivity (Wildman–Crippen MR) is 27.6 cm³/mol. The Balaban J connectivity index is 2.51. The minimum absolute atomic E-state index is 0.205. The number of aliphatic hydroxyl groups is 2. The van der Waals surface area contributed by atoms with Crippen LogP contribution in [0.3, 0.4) is 0 Å². The summed E-state index contributed by atoms with van der Waals surface area (Å²) in [6.07, 6.45) is -1.95. The summed E-state index contributed by atoms with van der Waals surface area (Å²) in [5.74, 6) is -0.728. The Morgan fingerprint density at radius 1 is 1.56 bits per heavy atom. The molecule has 0 spiro atoms. The number of ether oxygens (including phenoxy) is 1. The van der Waals surface area contributed by atoms with Gasteiger partial charge < -0.3 is 14.9 Å². The predicted octanol–water partition coefficient (Wildman–Crippen LogP) is -1.34. The van der Waals surface area contributed by atoms with Gasteiger partial charge in [-0.15, -0.1) is 0 Å². The molecule has 1 fully saturated rings. The number of carbonyl (C=O) groups excluding carboxylic acids is 1. The van der Waals surface area contributed by atoms with Gasteiger partial charge in [-0.25, -0.2) is 4.79 Å². The van der Waals surface area contributed by atoms with Gasteiger partial charge in [-0.2, -0.15) is 0 Å². The first kappa shape index (κ1) is 6.51. The molecule has 0 radical (unpaired) electrons. The molecule has 0 amide bonds. The van der Waals surface area contributed by atoms with E-state index in [0.29, 0.717) is 6.42 Å². The van der Waals surface area contributed by atoms with Crippen LogP contribution in [0.4, 0.5) is 0 Å². The van der Waals surface area contributed by atoms with Crippen molar-refractivity contribution in [2.45, 2.75) is 18.6 Å². The molecule has 0 aromatic rings. The summed E-state index contributed by atoms with van der Waals surface area (Å²) in [4.78, 5) is 10.4. The summed E-state index contributed by atoms with van der Waals surface area (Å²) >= 11 is 0. The minimum atomic E-state index is -1.33. The Morgan fingerprint density at radius 2 is 2.22 bits per heavy atom. The standard InChI is InChI=1S/C5H8O4/c6-3-1-2-9-5(8)4(3)7/h3-4,6-7H,1-2H2. The highest BCUT2D eigenvalue weighted by Crippen LogP contribution is 2.07. The Morgan fingerprint density at radius 3 is 2.67 bits per heavy atom. The first-order valence-corrected chi connectivity index (χ1v) is 2.74. The van der Waals surface area contributed by atoms with Crippen LogP contribution in [0.5, 0.6) is 0 Å². The van der Waals surface area contributed by atoms with Crippen LogP contribution in [0.25, 0.3) is 0 Å². The van der Waals surface area contributed by atoms with Gasteiger partial charge in [-0.05, 0) is 0 Å². The molecule has 1 saturated heterocycles. The second-order valence-corrected chi connectivity index (χ2v) is 1.97. The van der Waals surface area contributed by atoms with Gasteiger partial charge in [0.2, 0.25) is 0 Å². The summed E-state index contributed by atoms with van der Waals surface area (Å²) in [5.41, 5.74) is 0. The number of aliphatic hydroxyl groups excluding tert-OH is 2. The number of rotatable bonds is 0. The van der Waals surface area contributed by atoms with Crippen molar-refractivity contribution < 1.29 is 19.7 Å². The smallest absolute Gasteiger partial charge is 0.337 e. The van der Waals surface area contributed by atoms with E-state index in [0.717, 1.165) is 0 Å². The molecule has 4 heteroatoms. The highest BCUT2D eigenvalue weighted by Gasteiger charge is 2.29. The van der Waals surface area contributed by atoms with Crippen molar-refractivity contribution in [3.05, 3.63) is 0 Å². The molecule has 1 rings (SSSR count). The number of hydrogen-bond donors (Lipinski definition) is 2. The van der Waals surface area contributed by atoms with Crippen LogP contribution < -0.4 is 0 Å². The lowest BCUT2D eigenvalue weighted by molar-refractivity contribution is -0.169. The van der Waals surface area contributed by atoms with Crippen molar-refractivity contribution in [2.24, 2.45) is 0 Å². The Hall–Kier alpha value is -0.610. The largest absolute Gasteiger partial charge is 0.464 e. The SMILES string of the molecule is O=C1OCCC(O)C1O. The Labute approximate surface area is 52.1 Å². The summed E-state index contributed by atoms with van der Waals surface area (Å²) in [6.45, 7) is 0.205. The fourth-order valence-electron chi connectivity index (χ4n) is 0.681. The highest BCUT2D eigenvalue weighted by atomic mass is 16.6. The molecule has 2 atom stereocenters. The average molecular weight is 132 g/mol. The van der Waals surface area contributed by atoms with Crippen molar-refractivity contribution in [1.82, 2.24) is 0 Å². The van der Waals surface area contributed by atoms with Crippen molar-refractivity contribution in [2.75, 3.05) is 6.61 Å². The van der Waals surface area contributed by atoms with Crippen molar-refractivity contribution >= 4 is 5.97 Å².